The van der Waals surface area contributed by atoms with Crippen molar-refractivity contribution in [3.63, 3.8) is 0 Å². The largest absolute Gasteiger partial charge is 0.393 e. The van der Waals surface area contributed by atoms with Crippen molar-refractivity contribution in [1.29, 1.82) is 0 Å². The molecule has 5 atom stereocenters. The number of rotatable bonds is 2. The maximum absolute atomic E-state index is 10.4. The molecule has 24 heavy (non-hydrogen) atoms. The monoisotopic (exact) mass is 332 g/mol. The van der Waals surface area contributed by atoms with Crippen LogP contribution in [0.15, 0.2) is 23.3 Å². The molecule has 3 fully saturated rings. The molecule has 0 aliphatic heterocycles. The van der Waals surface area contributed by atoms with Crippen LogP contribution in [-0.2, 0) is 0 Å². The van der Waals surface area contributed by atoms with Gasteiger partial charge in [-0.3, -0.25) is 0 Å². The zero-order chi connectivity index (χ0) is 17.5. The Morgan fingerprint density at radius 3 is 2.58 bits per heavy atom. The van der Waals surface area contributed by atoms with E-state index in [1.165, 1.54) is 44.1 Å². The zero-order valence-electron chi connectivity index (χ0n) is 16.0. The van der Waals surface area contributed by atoms with Crippen LogP contribution < -0.4 is 0 Å². The van der Waals surface area contributed by atoms with Gasteiger partial charge in [0.05, 0.1) is 12.2 Å². The Morgan fingerprint density at radius 1 is 1.12 bits per heavy atom. The van der Waals surface area contributed by atoms with Gasteiger partial charge in [0, 0.05) is 11.8 Å². The lowest BCUT2D eigenvalue weighted by Crippen LogP contribution is -2.40. The molecule has 0 aromatic heterocycles. The Bertz CT molecular complexity index is 530. The fourth-order valence-corrected chi connectivity index (χ4v) is 5.87. The molecule has 0 radical (unpaired) electrons. The smallest absolute Gasteiger partial charge is 0.0653 e. The molecule has 3 aliphatic rings. The first-order chi connectivity index (χ1) is 11.3. The van der Waals surface area contributed by atoms with Crippen molar-refractivity contribution >= 4 is 0 Å². The second-order valence-electron chi connectivity index (χ2n) is 9.36. The molecular weight excluding hydrogens is 296 g/mol. The Balaban J connectivity index is 1.85. The van der Waals surface area contributed by atoms with Gasteiger partial charge in [-0.05, 0) is 55.8 Å². The molecule has 2 N–H and O–H groups in total. The molecular formula is C22H36O2. The van der Waals surface area contributed by atoms with Gasteiger partial charge >= 0.3 is 0 Å². The van der Waals surface area contributed by atoms with E-state index >= 15 is 0 Å². The SMILES string of the molecule is CC[C@H]1CC[C@H]2/C(=C/C=C3/C[C@@H](O)C[C@H](O)C3(C)C)CCC[C@]12C. The summed E-state index contributed by atoms with van der Waals surface area (Å²) in [6.07, 6.45) is 12.9. The van der Waals surface area contributed by atoms with Crippen LogP contribution in [-0.4, -0.2) is 22.4 Å². The van der Waals surface area contributed by atoms with Crippen LogP contribution in [0.1, 0.15) is 79.1 Å². The number of fused-ring (bicyclic) bond motifs is 1. The third-order valence-corrected chi connectivity index (χ3v) is 7.76. The summed E-state index contributed by atoms with van der Waals surface area (Å²) in [6, 6.07) is 0. The van der Waals surface area contributed by atoms with Crippen molar-refractivity contribution in [2.75, 3.05) is 0 Å². The fourth-order valence-electron chi connectivity index (χ4n) is 5.87. The van der Waals surface area contributed by atoms with Crippen LogP contribution in [0, 0.1) is 22.7 Å². The van der Waals surface area contributed by atoms with E-state index in [0.717, 1.165) is 11.8 Å². The normalized spacial score (nSPS) is 45.6. The first-order valence-electron chi connectivity index (χ1n) is 10.0. The van der Waals surface area contributed by atoms with Crippen LogP contribution in [0.25, 0.3) is 0 Å². The highest BCUT2D eigenvalue weighted by atomic mass is 16.3. The summed E-state index contributed by atoms with van der Waals surface area (Å²) in [5.74, 6) is 1.63. The molecule has 2 nitrogen and oxygen atoms in total. The molecule has 0 amide bonds. The first-order valence-corrected chi connectivity index (χ1v) is 10.0. The number of aliphatic hydroxyl groups excluding tert-OH is 2. The van der Waals surface area contributed by atoms with Crippen LogP contribution in [0.2, 0.25) is 0 Å². The second-order valence-corrected chi connectivity index (χ2v) is 9.36. The van der Waals surface area contributed by atoms with Gasteiger partial charge < -0.3 is 10.2 Å². The Kier molecular flexibility index (Phi) is 5.01. The minimum atomic E-state index is -0.446. The van der Waals surface area contributed by atoms with Gasteiger partial charge in [0.15, 0.2) is 0 Å². The third-order valence-electron chi connectivity index (χ3n) is 7.76. The summed E-state index contributed by atoms with van der Waals surface area (Å²) >= 11 is 0. The summed E-state index contributed by atoms with van der Waals surface area (Å²) in [5.41, 5.74) is 3.10. The Hall–Kier alpha value is -0.600. The molecule has 0 saturated heterocycles. The lowest BCUT2D eigenvalue weighted by molar-refractivity contribution is -0.00659. The number of aliphatic hydroxyl groups is 2. The van der Waals surface area contributed by atoms with E-state index < -0.39 is 12.2 Å². The summed E-state index contributed by atoms with van der Waals surface area (Å²) in [5, 5.41) is 20.4. The van der Waals surface area contributed by atoms with Gasteiger partial charge in [-0.2, -0.15) is 0 Å². The van der Waals surface area contributed by atoms with E-state index in [1.54, 1.807) is 5.57 Å². The molecule has 2 heteroatoms. The van der Waals surface area contributed by atoms with Crippen molar-refractivity contribution in [3.8, 4) is 0 Å². The molecule has 0 aromatic rings. The van der Waals surface area contributed by atoms with Gasteiger partial charge in [0.2, 0.25) is 0 Å². The zero-order valence-corrected chi connectivity index (χ0v) is 16.0. The van der Waals surface area contributed by atoms with Gasteiger partial charge in [-0.25, -0.2) is 0 Å². The van der Waals surface area contributed by atoms with Crippen molar-refractivity contribution in [1.82, 2.24) is 0 Å². The van der Waals surface area contributed by atoms with Gasteiger partial charge in [0.1, 0.15) is 0 Å². The van der Waals surface area contributed by atoms with Crippen molar-refractivity contribution in [2.24, 2.45) is 22.7 Å². The lowest BCUT2D eigenvalue weighted by atomic mass is 9.63. The maximum atomic E-state index is 10.4. The average molecular weight is 333 g/mol. The lowest BCUT2D eigenvalue weighted by Gasteiger charge is -2.42. The van der Waals surface area contributed by atoms with E-state index in [0.29, 0.717) is 18.3 Å². The Labute approximate surface area is 148 Å². The highest BCUT2D eigenvalue weighted by Gasteiger charge is 2.48. The average Bonchev–Trinajstić information content (AvgIpc) is 2.86. The molecule has 0 aromatic carbocycles. The summed E-state index contributed by atoms with van der Waals surface area (Å²) in [6.45, 7) is 9.10. The second kappa shape index (κ2) is 6.61. The summed E-state index contributed by atoms with van der Waals surface area (Å²) in [7, 11) is 0. The van der Waals surface area contributed by atoms with Crippen molar-refractivity contribution in [2.45, 2.75) is 91.3 Å². The highest BCUT2D eigenvalue weighted by molar-refractivity contribution is 5.29. The molecule has 3 saturated carbocycles. The van der Waals surface area contributed by atoms with E-state index in [2.05, 4.69) is 39.8 Å². The van der Waals surface area contributed by atoms with Gasteiger partial charge in [0.25, 0.3) is 0 Å². The van der Waals surface area contributed by atoms with E-state index in [4.69, 9.17) is 0 Å². The predicted octanol–water partition coefficient (Wildman–Crippen LogP) is 5.01. The molecule has 3 aliphatic carbocycles. The van der Waals surface area contributed by atoms with Crippen LogP contribution >= 0.6 is 0 Å². The first kappa shape index (κ1) is 18.2. The predicted molar refractivity (Wildman–Crippen MR) is 99.7 cm³/mol. The molecule has 0 spiro atoms. The summed E-state index contributed by atoms with van der Waals surface area (Å²) < 4.78 is 0. The summed E-state index contributed by atoms with van der Waals surface area (Å²) in [4.78, 5) is 0. The maximum Gasteiger partial charge on any atom is 0.0653 e. The van der Waals surface area contributed by atoms with Crippen LogP contribution in [0.5, 0.6) is 0 Å². The third kappa shape index (κ3) is 3.01. The molecule has 0 heterocycles. The minimum absolute atomic E-state index is 0.226. The van der Waals surface area contributed by atoms with Gasteiger partial charge in [-0.1, -0.05) is 57.4 Å². The van der Waals surface area contributed by atoms with Gasteiger partial charge in [-0.15, -0.1) is 0 Å². The number of hydrogen-bond donors (Lipinski definition) is 2. The number of hydrogen-bond acceptors (Lipinski definition) is 2. The van der Waals surface area contributed by atoms with E-state index in [1.807, 2.05) is 0 Å². The minimum Gasteiger partial charge on any atom is -0.393 e. The van der Waals surface area contributed by atoms with Crippen LogP contribution in [0.3, 0.4) is 0 Å². The highest BCUT2D eigenvalue weighted by Crippen LogP contribution is 2.58. The van der Waals surface area contributed by atoms with Crippen molar-refractivity contribution < 1.29 is 10.2 Å². The molecule has 3 rings (SSSR count). The van der Waals surface area contributed by atoms with Crippen LogP contribution in [0.4, 0.5) is 0 Å². The molecule has 0 unspecified atom stereocenters. The Morgan fingerprint density at radius 2 is 1.88 bits per heavy atom. The van der Waals surface area contributed by atoms with E-state index in [9.17, 15) is 10.2 Å². The fraction of sp³-hybridized carbons (Fsp3) is 0.818. The standard InChI is InChI=1S/C22H36O2/c1-5-16-10-11-19-15(7-6-12-22(16,19)4)8-9-17-13-18(23)14-20(24)21(17,2)3/h8-9,16,18-20,23-24H,5-7,10-14H2,1-4H3/b15-8+,17-9-/t16-,18+,19-,20-,22+/m0/s1. The topological polar surface area (TPSA) is 40.5 Å². The number of allylic oxidation sites excluding steroid dienone is 3. The van der Waals surface area contributed by atoms with E-state index in [-0.39, 0.29) is 5.41 Å². The quantitative estimate of drug-likeness (QED) is 0.746. The molecule has 0 bridgehead atoms. The molecule has 136 valence electrons. The van der Waals surface area contributed by atoms with Crippen molar-refractivity contribution in [3.05, 3.63) is 23.3 Å².